The first-order valence-corrected chi connectivity index (χ1v) is 10.2. The van der Waals surface area contributed by atoms with Crippen LogP contribution in [0.3, 0.4) is 0 Å². The summed E-state index contributed by atoms with van der Waals surface area (Å²) in [5.41, 5.74) is 2.23. The molecule has 4 rings (SSSR count). The van der Waals surface area contributed by atoms with Gasteiger partial charge in [0.15, 0.2) is 0 Å². The maximum atomic E-state index is 12.3. The summed E-state index contributed by atoms with van der Waals surface area (Å²) in [6, 6.07) is 8.03. The number of carbonyl (C=O) groups excluding carboxylic acids is 1. The SMILES string of the molecule is COc1ccc(-c2nc(CN3CCN(C(=O)C4CCC4)CC3)cs2)cc1. The van der Waals surface area contributed by atoms with E-state index in [-0.39, 0.29) is 0 Å². The lowest BCUT2D eigenvalue weighted by atomic mass is 9.84. The van der Waals surface area contributed by atoms with Gasteiger partial charge in [-0.15, -0.1) is 11.3 Å². The minimum absolute atomic E-state index is 0.312. The number of amides is 1. The molecule has 6 heteroatoms. The van der Waals surface area contributed by atoms with E-state index in [1.54, 1.807) is 18.4 Å². The molecule has 1 aliphatic heterocycles. The van der Waals surface area contributed by atoms with E-state index in [4.69, 9.17) is 9.72 Å². The van der Waals surface area contributed by atoms with Gasteiger partial charge in [0.05, 0.1) is 12.8 Å². The molecule has 1 saturated carbocycles. The van der Waals surface area contributed by atoms with Gasteiger partial charge < -0.3 is 9.64 Å². The molecule has 0 N–H and O–H groups in total. The molecule has 5 nitrogen and oxygen atoms in total. The molecular weight excluding hydrogens is 346 g/mol. The van der Waals surface area contributed by atoms with Crippen LogP contribution in [0.5, 0.6) is 5.75 Å². The van der Waals surface area contributed by atoms with Gasteiger partial charge in [-0.1, -0.05) is 6.42 Å². The van der Waals surface area contributed by atoms with Gasteiger partial charge in [-0.3, -0.25) is 9.69 Å². The quantitative estimate of drug-likeness (QED) is 0.809. The average Bonchev–Trinajstić information content (AvgIpc) is 3.09. The van der Waals surface area contributed by atoms with Crippen LogP contribution in [0.25, 0.3) is 10.6 Å². The number of hydrogen-bond donors (Lipinski definition) is 0. The number of nitrogens with zero attached hydrogens (tertiary/aromatic N) is 3. The maximum Gasteiger partial charge on any atom is 0.225 e. The van der Waals surface area contributed by atoms with Gasteiger partial charge in [-0.2, -0.15) is 0 Å². The van der Waals surface area contributed by atoms with Crippen LogP contribution in [-0.2, 0) is 11.3 Å². The van der Waals surface area contributed by atoms with Crippen molar-refractivity contribution in [1.82, 2.24) is 14.8 Å². The zero-order valence-corrected chi connectivity index (χ0v) is 16.0. The van der Waals surface area contributed by atoms with Crippen molar-refractivity contribution in [2.45, 2.75) is 25.8 Å². The molecule has 1 amide bonds. The fourth-order valence-electron chi connectivity index (χ4n) is 3.51. The minimum Gasteiger partial charge on any atom is -0.497 e. The number of carbonyl (C=O) groups is 1. The van der Waals surface area contributed by atoms with Gasteiger partial charge >= 0.3 is 0 Å². The summed E-state index contributed by atoms with van der Waals surface area (Å²) in [4.78, 5) is 21.6. The van der Waals surface area contributed by atoms with E-state index in [0.717, 1.165) is 67.6 Å². The van der Waals surface area contributed by atoms with Crippen molar-refractivity contribution in [3.63, 3.8) is 0 Å². The minimum atomic E-state index is 0.312. The lowest BCUT2D eigenvalue weighted by molar-refractivity contribution is -0.140. The molecule has 2 heterocycles. The topological polar surface area (TPSA) is 45.7 Å². The Morgan fingerprint density at radius 1 is 1.19 bits per heavy atom. The van der Waals surface area contributed by atoms with Gasteiger partial charge in [-0.25, -0.2) is 4.98 Å². The van der Waals surface area contributed by atoms with E-state index in [1.807, 2.05) is 24.3 Å². The third-order valence-electron chi connectivity index (χ3n) is 5.41. The van der Waals surface area contributed by atoms with Gasteiger partial charge in [0.25, 0.3) is 0 Å². The van der Waals surface area contributed by atoms with Crippen LogP contribution < -0.4 is 4.74 Å². The van der Waals surface area contributed by atoms with Crippen LogP contribution in [0, 0.1) is 5.92 Å². The molecule has 0 spiro atoms. The molecule has 2 fully saturated rings. The summed E-state index contributed by atoms with van der Waals surface area (Å²) in [5, 5.41) is 3.19. The summed E-state index contributed by atoms with van der Waals surface area (Å²) in [5.74, 6) is 1.55. The van der Waals surface area contributed by atoms with E-state index in [2.05, 4.69) is 15.2 Å². The fourth-order valence-corrected chi connectivity index (χ4v) is 4.33. The first-order valence-electron chi connectivity index (χ1n) is 9.33. The van der Waals surface area contributed by atoms with Crippen molar-refractivity contribution in [2.24, 2.45) is 5.92 Å². The highest BCUT2D eigenvalue weighted by Crippen LogP contribution is 2.29. The molecule has 1 aromatic heterocycles. The van der Waals surface area contributed by atoms with Crippen molar-refractivity contribution in [1.29, 1.82) is 0 Å². The number of hydrogen-bond acceptors (Lipinski definition) is 5. The first-order chi connectivity index (χ1) is 12.7. The van der Waals surface area contributed by atoms with Crippen LogP contribution in [-0.4, -0.2) is 54.0 Å². The summed E-state index contributed by atoms with van der Waals surface area (Å²) >= 11 is 1.68. The molecule has 1 aromatic carbocycles. The van der Waals surface area contributed by atoms with E-state index in [0.29, 0.717) is 11.8 Å². The van der Waals surface area contributed by atoms with Crippen LogP contribution in [0.4, 0.5) is 0 Å². The summed E-state index contributed by atoms with van der Waals surface area (Å²) in [7, 11) is 1.68. The van der Waals surface area contributed by atoms with Crippen LogP contribution in [0.2, 0.25) is 0 Å². The molecule has 2 aromatic rings. The van der Waals surface area contributed by atoms with Crippen LogP contribution in [0.1, 0.15) is 25.0 Å². The molecule has 1 saturated heterocycles. The lowest BCUT2D eigenvalue weighted by Crippen LogP contribution is -2.50. The third-order valence-corrected chi connectivity index (χ3v) is 6.35. The Morgan fingerprint density at radius 2 is 1.92 bits per heavy atom. The number of rotatable bonds is 5. The molecule has 1 aliphatic carbocycles. The standard InChI is InChI=1S/C20H25N3O2S/c1-25-18-7-5-15(6-8-18)19-21-17(14-26-19)13-22-9-11-23(12-10-22)20(24)16-3-2-4-16/h5-8,14,16H,2-4,9-13H2,1H3. The first kappa shape index (κ1) is 17.5. The normalized spacial score (nSPS) is 18.6. The van der Waals surface area contributed by atoms with E-state index in [1.165, 1.54) is 6.42 Å². The number of ether oxygens (including phenoxy) is 1. The summed E-state index contributed by atoms with van der Waals surface area (Å²) in [6.45, 7) is 4.44. The van der Waals surface area contributed by atoms with Gasteiger partial charge in [-0.05, 0) is 37.1 Å². The van der Waals surface area contributed by atoms with Gasteiger partial charge in [0, 0.05) is 49.6 Å². The molecule has 0 unspecified atom stereocenters. The molecule has 2 aliphatic rings. The van der Waals surface area contributed by atoms with Crippen molar-refractivity contribution in [2.75, 3.05) is 33.3 Å². The van der Waals surface area contributed by atoms with E-state index >= 15 is 0 Å². The van der Waals surface area contributed by atoms with Crippen molar-refractivity contribution in [3.8, 4) is 16.3 Å². The molecule has 138 valence electrons. The zero-order chi connectivity index (χ0) is 17.9. The Bertz CT molecular complexity index is 747. The Kier molecular flexibility index (Phi) is 5.22. The average molecular weight is 372 g/mol. The van der Waals surface area contributed by atoms with E-state index < -0.39 is 0 Å². The molecule has 0 bridgehead atoms. The van der Waals surface area contributed by atoms with Crippen molar-refractivity contribution >= 4 is 17.2 Å². The highest BCUT2D eigenvalue weighted by Gasteiger charge is 2.31. The lowest BCUT2D eigenvalue weighted by Gasteiger charge is -2.38. The molecular formula is C20H25N3O2S. The zero-order valence-electron chi connectivity index (χ0n) is 15.2. The predicted molar refractivity (Wildman–Crippen MR) is 103 cm³/mol. The highest BCUT2D eigenvalue weighted by molar-refractivity contribution is 7.13. The monoisotopic (exact) mass is 371 g/mol. The summed E-state index contributed by atoms with van der Waals surface area (Å²) < 4.78 is 5.21. The Balaban J connectivity index is 1.31. The van der Waals surface area contributed by atoms with Crippen LogP contribution in [0.15, 0.2) is 29.6 Å². The Labute approximate surface area is 158 Å². The molecule has 26 heavy (non-hydrogen) atoms. The second kappa shape index (κ2) is 7.76. The van der Waals surface area contributed by atoms with Crippen molar-refractivity contribution in [3.05, 3.63) is 35.3 Å². The second-order valence-electron chi connectivity index (χ2n) is 7.10. The number of aromatic nitrogens is 1. The predicted octanol–water partition coefficient (Wildman–Crippen LogP) is 3.26. The third kappa shape index (κ3) is 3.76. The van der Waals surface area contributed by atoms with Gasteiger partial charge in [0.1, 0.15) is 10.8 Å². The number of thiazole rings is 1. The number of methoxy groups -OCH3 is 1. The van der Waals surface area contributed by atoms with Crippen molar-refractivity contribution < 1.29 is 9.53 Å². The Morgan fingerprint density at radius 3 is 2.54 bits per heavy atom. The second-order valence-corrected chi connectivity index (χ2v) is 7.96. The maximum absolute atomic E-state index is 12.3. The largest absolute Gasteiger partial charge is 0.497 e. The smallest absolute Gasteiger partial charge is 0.225 e. The molecule has 0 atom stereocenters. The number of piperazine rings is 1. The van der Waals surface area contributed by atoms with Crippen LogP contribution >= 0.6 is 11.3 Å². The number of benzene rings is 1. The highest BCUT2D eigenvalue weighted by atomic mass is 32.1. The van der Waals surface area contributed by atoms with Gasteiger partial charge in [0.2, 0.25) is 5.91 Å². The Hall–Kier alpha value is -1.92. The summed E-state index contributed by atoms with van der Waals surface area (Å²) in [6.07, 6.45) is 3.40. The van der Waals surface area contributed by atoms with E-state index in [9.17, 15) is 4.79 Å². The molecule has 0 radical (unpaired) electrons. The fraction of sp³-hybridized carbons (Fsp3) is 0.500.